The van der Waals surface area contributed by atoms with Gasteiger partial charge in [-0.2, -0.15) is 0 Å². The molecule has 2 rings (SSSR count). The van der Waals surface area contributed by atoms with Gasteiger partial charge < -0.3 is 10.6 Å². The number of carbonyl (C=O) groups is 1. The first-order chi connectivity index (χ1) is 7.50. The molecular weight excluding hydrogens is 356 g/mol. The van der Waals surface area contributed by atoms with Crippen LogP contribution in [0.4, 0.5) is 0 Å². The molecule has 2 N–H and O–H groups in total. The second-order valence-electron chi connectivity index (χ2n) is 3.92. The van der Waals surface area contributed by atoms with E-state index in [0.29, 0.717) is 6.42 Å². The molecule has 0 radical (unpaired) electrons. The first kappa shape index (κ1) is 12.5. The average Bonchev–Trinajstić information content (AvgIpc) is 2.54. The van der Waals surface area contributed by atoms with Crippen molar-refractivity contribution in [3.63, 3.8) is 0 Å². The molecule has 1 saturated heterocycles. The molecule has 2 atom stereocenters. The van der Waals surface area contributed by atoms with Crippen LogP contribution < -0.4 is 5.73 Å². The molecule has 1 amide bonds. The summed E-state index contributed by atoms with van der Waals surface area (Å²) in [5.41, 5.74) is 6.11. The number of halogens is 2. The number of likely N-dealkylation sites (tertiary alicyclic amines) is 1. The van der Waals surface area contributed by atoms with Crippen LogP contribution in [0.3, 0.4) is 0 Å². The minimum absolute atomic E-state index is 0.00819. The molecule has 16 heavy (non-hydrogen) atoms. The zero-order valence-electron chi connectivity index (χ0n) is 8.74. The number of hydrogen-bond donors (Lipinski definition) is 1. The summed E-state index contributed by atoms with van der Waals surface area (Å²) < 4.78 is 2.06. The lowest BCUT2D eigenvalue weighted by atomic mass is 9.96. The summed E-state index contributed by atoms with van der Waals surface area (Å²) in [6.45, 7) is 0. The Morgan fingerprint density at radius 2 is 2.25 bits per heavy atom. The fraction of sp³-hybridized carbons (Fsp3) is 0.500. The number of likely N-dealkylation sites (N-methyl/N-ethyl adjacent to an activating group) is 1. The van der Waals surface area contributed by atoms with E-state index >= 15 is 0 Å². The zero-order valence-corrected chi connectivity index (χ0v) is 12.7. The Kier molecular flexibility index (Phi) is 3.73. The molecule has 88 valence electrons. The Bertz CT molecular complexity index is 401. The van der Waals surface area contributed by atoms with Gasteiger partial charge in [-0.1, -0.05) is 0 Å². The number of amides is 1. The van der Waals surface area contributed by atoms with Crippen molar-refractivity contribution < 1.29 is 4.79 Å². The van der Waals surface area contributed by atoms with Crippen molar-refractivity contribution in [3.8, 4) is 0 Å². The summed E-state index contributed by atoms with van der Waals surface area (Å²) in [7, 11) is 1.83. The van der Waals surface area contributed by atoms with Gasteiger partial charge in [0.15, 0.2) is 0 Å². The van der Waals surface area contributed by atoms with Crippen LogP contribution >= 0.6 is 43.2 Å². The van der Waals surface area contributed by atoms with Gasteiger partial charge in [0.05, 0.1) is 9.83 Å². The predicted octanol–water partition coefficient (Wildman–Crippen LogP) is 2.89. The predicted molar refractivity (Wildman–Crippen MR) is 72.4 cm³/mol. The molecule has 2 heterocycles. The van der Waals surface area contributed by atoms with E-state index in [-0.39, 0.29) is 18.0 Å². The molecule has 2 unspecified atom stereocenters. The molecule has 1 aliphatic heterocycles. The van der Waals surface area contributed by atoms with E-state index in [0.717, 1.165) is 19.6 Å². The van der Waals surface area contributed by atoms with Gasteiger partial charge in [-0.3, -0.25) is 4.79 Å². The first-order valence-corrected chi connectivity index (χ1v) is 7.37. The molecule has 0 spiro atoms. The largest absolute Gasteiger partial charge is 0.336 e. The van der Waals surface area contributed by atoms with Crippen molar-refractivity contribution in [1.29, 1.82) is 0 Å². The highest BCUT2D eigenvalue weighted by molar-refractivity contribution is 9.13. The molecule has 0 saturated carbocycles. The minimum atomic E-state index is 0.00819. The molecule has 6 heteroatoms. The van der Waals surface area contributed by atoms with E-state index < -0.39 is 0 Å². The van der Waals surface area contributed by atoms with Crippen molar-refractivity contribution in [1.82, 2.24) is 4.90 Å². The lowest BCUT2D eigenvalue weighted by Gasteiger charge is -2.36. The van der Waals surface area contributed by atoms with E-state index in [2.05, 4.69) is 31.9 Å². The fourth-order valence-electron chi connectivity index (χ4n) is 1.98. The van der Waals surface area contributed by atoms with Crippen LogP contribution in [-0.4, -0.2) is 23.9 Å². The third-order valence-electron chi connectivity index (χ3n) is 2.86. The number of piperidine rings is 1. The van der Waals surface area contributed by atoms with E-state index in [1.54, 1.807) is 16.2 Å². The second kappa shape index (κ2) is 4.76. The van der Waals surface area contributed by atoms with Gasteiger partial charge >= 0.3 is 0 Å². The maximum atomic E-state index is 11.7. The Balaban J connectivity index is 2.33. The summed E-state index contributed by atoms with van der Waals surface area (Å²) >= 11 is 8.55. The Hall–Kier alpha value is 0.0900. The lowest BCUT2D eigenvalue weighted by Crippen LogP contribution is -2.46. The van der Waals surface area contributed by atoms with E-state index in [1.165, 1.54) is 0 Å². The molecule has 0 aliphatic carbocycles. The molecule has 0 bridgehead atoms. The fourth-order valence-corrected chi connectivity index (χ4v) is 4.29. The van der Waals surface area contributed by atoms with Crippen molar-refractivity contribution in [2.45, 2.75) is 24.9 Å². The topological polar surface area (TPSA) is 46.3 Å². The highest BCUT2D eigenvalue weighted by Crippen LogP contribution is 2.40. The average molecular weight is 368 g/mol. The quantitative estimate of drug-likeness (QED) is 0.829. The van der Waals surface area contributed by atoms with Crippen LogP contribution in [0.25, 0.3) is 0 Å². The second-order valence-corrected chi connectivity index (χ2v) is 7.18. The first-order valence-electron chi connectivity index (χ1n) is 4.96. The Morgan fingerprint density at radius 3 is 2.81 bits per heavy atom. The molecule has 1 aromatic heterocycles. The summed E-state index contributed by atoms with van der Waals surface area (Å²) in [6, 6.07) is 2.07. The van der Waals surface area contributed by atoms with Crippen molar-refractivity contribution in [3.05, 3.63) is 19.2 Å². The van der Waals surface area contributed by atoms with Gasteiger partial charge in [-0.15, -0.1) is 11.3 Å². The highest BCUT2D eigenvalue weighted by atomic mass is 79.9. The third-order valence-corrected chi connectivity index (χ3v) is 6.19. The highest BCUT2D eigenvalue weighted by Gasteiger charge is 2.33. The monoisotopic (exact) mass is 366 g/mol. The van der Waals surface area contributed by atoms with Gasteiger partial charge in [0.2, 0.25) is 5.91 Å². The standard InChI is InChI=1S/C10H12Br2N2OS/c1-14-8(15)3-2-6(13)9(14)7-4-5(11)10(12)16-7/h4,6,9H,2-3,13H2,1H3. The van der Waals surface area contributed by atoms with Crippen LogP contribution in [0, 0.1) is 0 Å². The van der Waals surface area contributed by atoms with E-state index in [9.17, 15) is 4.79 Å². The Morgan fingerprint density at radius 1 is 1.56 bits per heavy atom. The van der Waals surface area contributed by atoms with Crippen molar-refractivity contribution in [2.75, 3.05) is 7.05 Å². The molecule has 1 fully saturated rings. The van der Waals surface area contributed by atoms with Crippen LogP contribution in [0.5, 0.6) is 0 Å². The summed E-state index contributed by atoms with van der Waals surface area (Å²) in [5, 5.41) is 0. The maximum Gasteiger partial charge on any atom is 0.222 e. The van der Waals surface area contributed by atoms with Crippen LogP contribution in [0.2, 0.25) is 0 Å². The number of thiophene rings is 1. The lowest BCUT2D eigenvalue weighted by molar-refractivity contribution is -0.135. The summed E-state index contributed by atoms with van der Waals surface area (Å²) in [4.78, 5) is 14.6. The number of carbonyl (C=O) groups excluding carboxylic acids is 1. The van der Waals surface area contributed by atoms with Gasteiger partial charge in [-0.05, 0) is 44.3 Å². The number of rotatable bonds is 1. The summed E-state index contributed by atoms with van der Waals surface area (Å²) in [5.74, 6) is 0.173. The Labute approximate surface area is 115 Å². The van der Waals surface area contributed by atoms with Crippen LogP contribution in [0.15, 0.2) is 14.3 Å². The van der Waals surface area contributed by atoms with E-state index in [4.69, 9.17) is 5.73 Å². The number of nitrogens with two attached hydrogens (primary N) is 1. The summed E-state index contributed by atoms with van der Waals surface area (Å²) in [6.07, 6.45) is 1.32. The number of nitrogens with zero attached hydrogens (tertiary/aromatic N) is 1. The molecule has 1 aliphatic rings. The number of hydrogen-bond acceptors (Lipinski definition) is 3. The van der Waals surface area contributed by atoms with Gasteiger partial charge in [0.25, 0.3) is 0 Å². The van der Waals surface area contributed by atoms with E-state index in [1.807, 2.05) is 13.1 Å². The maximum absolute atomic E-state index is 11.7. The normalized spacial score (nSPS) is 26.2. The van der Waals surface area contributed by atoms with Crippen molar-refractivity contribution >= 4 is 49.1 Å². The smallest absolute Gasteiger partial charge is 0.222 e. The van der Waals surface area contributed by atoms with Gasteiger partial charge in [0.1, 0.15) is 0 Å². The van der Waals surface area contributed by atoms with Crippen LogP contribution in [-0.2, 0) is 4.79 Å². The molecular formula is C10H12Br2N2OS. The molecule has 3 nitrogen and oxygen atoms in total. The minimum Gasteiger partial charge on any atom is -0.336 e. The molecule has 0 aromatic carbocycles. The van der Waals surface area contributed by atoms with Gasteiger partial charge in [0, 0.05) is 28.9 Å². The zero-order chi connectivity index (χ0) is 11.9. The molecule has 1 aromatic rings. The SMILES string of the molecule is CN1C(=O)CCC(N)C1c1cc(Br)c(Br)s1. The third kappa shape index (κ3) is 2.20. The van der Waals surface area contributed by atoms with Crippen molar-refractivity contribution in [2.24, 2.45) is 5.73 Å². The van der Waals surface area contributed by atoms with Crippen LogP contribution in [0.1, 0.15) is 23.8 Å². The van der Waals surface area contributed by atoms with Gasteiger partial charge in [-0.25, -0.2) is 0 Å².